The zero-order chi connectivity index (χ0) is 17.8. The molecular weight excluding hydrogens is 348 g/mol. The number of nitrogens with one attached hydrogen (secondary N) is 1. The molecule has 0 atom stereocenters. The minimum atomic E-state index is -0.784. The Labute approximate surface area is 150 Å². The van der Waals surface area contributed by atoms with E-state index >= 15 is 0 Å². The minimum absolute atomic E-state index is 0.0206. The Bertz CT molecular complexity index is 764. The summed E-state index contributed by atoms with van der Waals surface area (Å²) in [6.07, 6.45) is 0. The molecule has 1 fully saturated rings. The first-order valence-electron chi connectivity index (χ1n) is 7.99. The number of rotatable bonds is 3. The molecule has 1 saturated heterocycles. The third kappa shape index (κ3) is 4.67. The highest BCUT2D eigenvalue weighted by molar-refractivity contribution is 6.30. The molecule has 1 N–H and O–H groups in total. The van der Waals surface area contributed by atoms with Crippen LogP contribution < -0.4 is 5.32 Å². The third-order valence-corrected chi connectivity index (χ3v) is 4.36. The lowest BCUT2D eigenvalue weighted by Gasteiger charge is -2.34. The number of amides is 2. The van der Waals surface area contributed by atoms with Crippen LogP contribution in [0.1, 0.15) is 5.56 Å². The van der Waals surface area contributed by atoms with Gasteiger partial charge in [0, 0.05) is 43.8 Å². The molecule has 0 unspecified atom stereocenters. The van der Waals surface area contributed by atoms with Crippen LogP contribution in [-0.4, -0.2) is 42.0 Å². The van der Waals surface area contributed by atoms with Crippen molar-refractivity contribution in [1.29, 1.82) is 0 Å². The number of hydrogen-bond donors (Lipinski definition) is 1. The van der Waals surface area contributed by atoms with Crippen LogP contribution in [0.2, 0.25) is 5.02 Å². The number of hydrogen-bond acceptors (Lipinski definition) is 2. The molecule has 1 aliphatic heterocycles. The first kappa shape index (κ1) is 17.6. The van der Waals surface area contributed by atoms with Crippen molar-refractivity contribution in [3.05, 3.63) is 64.7 Å². The summed E-state index contributed by atoms with van der Waals surface area (Å²) in [5.74, 6) is -1.46. The molecule has 0 aliphatic carbocycles. The van der Waals surface area contributed by atoms with Gasteiger partial charge in [0.25, 0.3) is 0 Å². The number of nitrogens with zero attached hydrogens (tertiary/aromatic N) is 2. The van der Waals surface area contributed by atoms with Crippen molar-refractivity contribution in [3.8, 4) is 0 Å². The van der Waals surface area contributed by atoms with Gasteiger partial charge in [0.15, 0.2) is 0 Å². The maximum atomic E-state index is 13.6. The number of carbonyl (C=O) groups excluding carboxylic acids is 1. The van der Waals surface area contributed by atoms with Gasteiger partial charge in [0.1, 0.15) is 11.6 Å². The second-order valence-electron chi connectivity index (χ2n) is 5.95. The van der Waals surface area contributed by atoms with Crippen LogP contribution in [0.25, 0.3) is 0 Å². The SMILES string of the molecule is O=C(Nc1ccc(F)cc1F)N1CCN(Cc2cccc(Cl)c2)CC1. The van der Waals surface area contributed by atoms with Crippen LogP contribution in [0.3, 0.4) is 0 Å². The molecule has 0 saturated carbocycles. The first-order valence-corrected chi connectivity index (χ1v) is 8.37. The summed E-state index contributed by atoms with van der Waals surface area (Å²) < 4.78 is 26.5. The molecule has 2 aromatic carbocycles. The molecule has 0 radical (unpaired) electrons. The Morgan fingerprint density at radius 1 is 1.08 bits per heavy atom. The molecule has 0 bridgehead atoms. The molecular formula is C18H18ClF2N3O. The van der Waals surface area contributed by atoms with Gasteiger partial charge in [-0.15, -0.1) is 0 Å². The Morgan fingerprint density at radius 2 is 1.84 bits per heavy atom. The van der Waals surface area contributed by atoms with E-state index in [1.807, 2.05) is 24.3 Å². The zero-order valence-corrected chi connectivity index (χ0v) is 14.3. The first-order chi connectivity index (χ1) is 12.0. The van der Waals surface area contributed by atoms with E-state index in [1.54, 1.807) is 4.90 Å². The maximum Gasteiger partial charge on any atom is 0.322 e. The molecule has 3 rings (SSSR count). The van der Waals surface area contributed by atoms with Crippen LogP contribution in [0.15, 0.2) is 42.5 Å². The minimum Gasteiger partial charge on any atom is -0.322 e. The van der Waals surface area contributed by atoms with Gasteiger partial charge in [-0.1, -0.05) is 23.7 Å². The molecule has 25 heavy (non-hydrogen) atoms. The predicted octanol–water partition coefficient (Wildman–Crippen LogP) is 3.97. The lowest BCUT2D eigenvalue weighted by molar-refractivity contribution is 0.143. The highest BCUT2D eigenvalue weighted by Gasteiger charge is 2.22. The molecule has 1 aliphatic rings. The number of urea groups is 1. The van der Waals surface area contributed by atoms with Crippen LogP contribution in [0, 0.1) is 11.6 Å². The van der Waals surface area contributed by atoms with Crippen molar-refractivity contribution in [1.82, 2.24) is 9.80 Å². The summed E-state index contributed by atoms with van der Waals surface area (Å²) in [4.78, 5) is 16.1. The van der Waals surface area contributed by atoms with Gasteiger partial charge in [-0.2, -0.15) is 0 Å². The van der Waals surface area contributed by atoms with Crippen molar-refractivity contribution >= 4 is 23.3 Å². The standard InChI is InChI=1S/C18H18ClF2N3O/c19-14-3-1-2-13(10-14)12-23-6-8-24(9-7-23)18(25)22-17-5-4-15(20)11-16(17)21/h1-5,10-11H,6-9,12H2,(H,22,25). The highest BCUT2D eigenvalue weighted by atomic mass is 35.5. The summed E-state index contributed by atoms with van der Waals surface area (Å²) in [5, 5.41) is 3.19. The second kappa shape index (κ2) is 7.80. The molecule has 2 amide bonds. The van der Waals surface area contributed by atoms with E-state index in [4.69, 9.17) is 11.6 Å². The van der Waals surface area contributed by atoms with Gasteiger partial charge in [-0.3, -0.25) is 4.90 Å². The maximum absolute atomic E-state index is 13.6. The third-order valence-electron chi connectivity index (χ3n) is 4.13. The predicted molar refractivity (Wildman–Crippen MR) is 93.7 cm³/mol. The summed E-state index contributed by atoms with van der Waals surface area (Å²) in [6, 6.07) is 10.4. The number of carbonyl (C=O) groups is 1. The van der Waals surface area contributed by atoms with Crippen LogP contribution in [-0.2, 0) is 6.54 Å². The average molecular weight is 366 g/mol. The fraction of sp³-hybridized carbons (Fsp3) is 0.278. The Hall–Kier alpha value is -2.18. The topological polar surface area (TPSA) is 35.6 Å². The van der Waals surface area contributed by atoms with E-state index in [-0.39, 0.29) is 11.7 Å². The summed E-state index contributed by atoms with van der Waals surface area (Å²) in [7, 11) is 0. The lowest BCUT2D eigenvalue weighted by atomic mass is 10.2. The molecule has 0 aromatic heterocycles. The van der Waals surface area contributed by atoms with E-state index in [0.717, 1.165) is 24.2 Å². The van der Waals surface area contributed by atoms with Gasteiger partial charge in [-0.05, 0) is 29.8 Å². The van der Waals surface area contributed by atoms with Crippen molar-refractivity contribution in [3.63, 3.8) is 0 Å². The molecule has 0 spiro atoms. The second-order valence-corrected chi connectivity index (χ2v) is 6.38. The summed E-state index contributed by atoms with van der Waals surface area (Å²) in [6.45, 7) is 3.27. The fourth-order valence-corrected chi connectivity index (χ4v) is 3.00. The van der Waals surface area contributed by atoms with Crippen molar-refractivity contribution in [2.24, 2.45) is 0 Å². The summed E-state index contributed by atoms with van der Waals surface area (Å²) >= 11 is 5.99. The number of anilines is 1. The van der Waals surface area contributed by atoms with Crippen molar-refractivity contribution in [2.45, 2.75) is 6.54 Å². The van der Waals surface area contributed by atoms with Gasteiger partial charge in [0.05, 0.1) is 5.69 Å². The highest BCUT2D eigenvalue weighted by Crippen LogP contribution is 2.17. The van der Waals surface area contributed by atoms with E-state index in [1.165, 1.54) is 6.07 Å². The quantitative estimate of drug-likeness (QED) is 0.893. The monoisotopic (exact) mass is 365 g/mol. The van der Waals surface area contributed by atoms with Gasteiger partial charge >= 0.3 is 6.03 Å². The smallest absolute Gasteiger partial charge is 0.322 e. The Balaban J connectivity index is 1.52. The Kier molecular flexibility index (Phi) is 5.50. The number of halogens is 3. The lowest BCUT2D eigenvalue weighted by Crippen LogP contribution is -2.49. The van der Waals surface area contributed by atoms with Crippen LogP contribution in [0.4, 0.5) is 19.3 Å². The molecule has 4 nitrogen and oxygen atoms in total. The molecule has 1 heterocycles. The van der Waals surface area contributed by atoms with E-state index in [9.17, 15) is 13.6 Å². The van der Waals surface area contributed by atoms with Gasteiger partial charge in [-0.25, -0.2) is 13.6 Å². The van der Waals surface area contributed by atoms with Crippen molar-refractivity contribution in [2.75, 3.05) is 31.5 Å². The molecule has 132 valence electrons. The van der Waals surface area contributed by atoms with Crippen molar-refractivity contribution < 1.29 is 13.6 Å². The number of benzene rings is 2. The van der Waals surface area contributed by atoms with E-state index in [0.29, 0.717) is 31.2 Å². The van der Waals surface area contributed by atoms with E-state index in [2.05, 4.69) is 10.2 Å². The van der Waals surface area contributed by atoms with Crippen LogP contribution >= 0.6 is 11.6 Å². The zero-order valence-electron chi connectivity index (χ0n) is 13.5. The average Bonchev–Trinajstić information content (AvgIpc) is 2.58. The normalized spacial score (nSPS) is 15.2. The molecule has 2 aromatic rings. The van der Waals surface area contributed by atoms with Gasteiger partial charge < -0.3 is 10.2 Å². The van der Waals surface area contributed by atoms with E-state index < -0.39 is 11.6 Å². The largest absolute Gasteiger partial charge is 0.322 e. The number of piperazine rings is 1. The molecule has 7 heteroatoms. The summed E-state index contributed by atoms with van der Waals surface area (Å²) in [5.41, 5.74) is 1.10. The van der Waals surface area contributed by atoms with Gasteiger partial charge in [0.2, 0.25) is 0 Å². The fourth-order valence-electron chi connectivity index (χ4n) is 2.79. The Morgan fingerprint density at radius 3 is 2.52 bits per heavy atom. The van der Waals surface area contributed by atoms with Crippen LogP contribution in [0.5, 0.6) is 0 Å².